The van der Waals surface area contributed by atoms with E-state index in [-0.39, 0.29) is 11.0 Å². The summed E-state index contributed by atoms with van der Waals surface area (Å²) in [6.45, 7) is 6.34. The lowest BCUT2D eigenvalue weighted by atomic mass is 9.87. The molecular weight excluding hydrogens is 267 g/mol. The predicted molar refractivity (Wildman–Crippen MR) is 83.9 cm³/mol. The lowest BCUT2D eigenvalue weighted by Gasteiger charge is -2.19. The zero-order valence-corrected chi connectivity index (χ0v) is 12.4. The zero-order valence-electron chi connectivity index (χ0n) is 12.4. The minimum Gasteiger partial charge on any atom is -0.399 e. The van der Waals surface area contributed by atoms with Gasteiger partial charge in [0.1, 0.15) is 5.82 Å². The summed E-state index contributed by atoms with van der Waals surface area (Å²) in [7, 11) is 0. The van der Waals surface area contributed by atoms with Gasteiger partial charge in [0.25, 0.3) is 5.91 Å². The average Bonchev–Trinajstić information content (AvgIpc) is 2.41. The lowest BCUT2D eigenvalue weighted by molar-refractivity contribution is 0.102. The lowest BCUT2D eigenvalue weighted by Crippen LogP contribution is -2.15. The van der Waals surface area contributed by atoms with Crippen LogP contribution in [0.25, 0.3) is 0 Å². The number of amides is 1. The van der Waals surface area contributed by atoms with Crippen LogP contribution in [0.4, 0.5) is 15.8 Å². The first-order chi connectivity index (χ1) is 9.77. The van der Waals surface area contributed by atoms with Crippen molar-refractivity contribution in [2.24, 2.45) is 0 Å². The van der Waals surface area contributed by atoms with Gasteiger partial charge in [0, 0.05) is 11.4 Å². The van der Waals surface area contributed by atoms with Gasteiger partial charge in [-0.3, -0.25) is 4.79 Å². The van der Waals surface area contributed by atoms with Gasteiger partial charge in [0.15, 0.2) is 0 Å². The van der Waals surface area contributed by atoms with Gasteiger partial charge in [0.2, 0.25) is 0 Å². The van der Waals surface area contributed by atoms with Crippen LogP contribution in [-0.2, 0) is 5.41 Å². The number of nitrogens with two attached hydrogens (primary N) is 1. The van der Waals surface area contributed by atoms with Crippen LogP contribution >= 0.6 is 0 Å². The molecule has 0 aliphatic rings. The molecule has 4 heteroatoms. The Balaban J connectivity index is 2.18. The predicted octanol–water partition coefficient (Wildman–Crippen LogP) is 3.96. The molecule has 0 radical (unpaired) electrons. The van der Waals surface area contributed by atoms with Gasteiger partial charge in [-0.2, -0.15) is 0 Å². The van der Waals surface area contributed by atoms with E-state index >= 15 is 0 Å². The third-order valence-corrected chi connectivity index (χ3v) is 3.24. The highest BCUT2D eigenvalue weighted by Gasteiger charge is 2.15. The second-order valence-electron chi connectivity index (χ2n) is 6.02. The molecule has 0 spiro atoms. The number of carbonyl (C=O) groups excluding carboxylic acids is 1. The third-order valence-electron chi connectivity index (χ3n) is 3.24. The van der Waals surface area contributed by atoms with Crippen molar-refractivity contribution in [1.29, 1.82) is 0 Å². The van der Waals surface area contributed by atoms with Gasteiger partial charge in [-0.05, 0) is 41.3 Å². The molecule has 21 heavy (non-hydrogen) atoms. The molecule has 3 nitrogen and oxygen atoms in total. The van der Waals surface area contributed by atoms with Crippen LogP contribution in [0, 0.1) is 5.82 Å². The second-order valence-corrected chi connectivity index (χ2v) is 6.02. The molecule has 0 aliphatic carbocycles. The molecule has 2 aromatic rings. The number of nitrogens with one attached hydrogen (secondary N) is 1. The van der Waals surface area contributed by atoms with E-state index in [1.807, 2.05) is 24.3 Å². The van der Waals surface area contributed by atoms with E-state index in [4.69, 9.17) is 5.73 Å². The molecule has 0 aliphatic heterocycles. The highest BCUT2D eigenvalue weighted by molar-refractivity contribution is 6.04. The first kappa shape index (κ1) is 15.0. The first-order valence-corrected chi connectivity index (χ1v) is 6.74. The molecule has 0 saturated carbocycles. The first-order valence-electron chi connectivity index (χ1n) is 6.74. The van der Waals surface area contributed by atoms with Crippen LogP contribution in [-0.4, -0.2) is 5.91 Å². The van der Waals surface area contributed by atoms with Gasteiger partial charge in [-0.15, -0.1) is 0 Å². The van der Waals surface area contributed by atoms with Gasteiger partial charge >= 0.3 is 0 Å². The molecule has 0 saturated heterocycles. The van der Waals surface area contributed by atoms with E-state index in [0.717, 1.165) is 5.56 Å². The molecular formula is C17H19FN2O. The van der Waals surface area contributed by atoms with Crippen LogP contribution in [0.5, 0.6) is 0 Å². The number of carbonyl (C=O) groups is 1. The van der Waals surface area contributed by atoms with Crippen molar-refractivity contribution in [3.8, 4) is 0 Å². The number of halogens is 1. The van der Waals surface area contributed by atoms with Crippen molar-refractivity contribution in [3.63, 3.8) is 0 Å². The molecule has 2 aromatic carbocycles. The average molecular weight is 286 g/mol. The minimum atomic E-state index is -0.590. The summed E-state index contributed by atoms with van der Waals surface area (Å²) >= 11 is 0. The molecule has 0 fully saturated rings. The minimum absolute atomic E-state index is 0.0442. The largest absolute Gasteiger partial charge is 0.399 e. The maximum absolute atomic E-state index is 13.6. The Morgan fingerprint density at radius 1 is 1.10 bits per heavy atom. The van der Waals surface area contributed by atoms with Gasteiger partial charge in [-0.25, -0.2) is 4.39 Å². The molecule has 1 amide bonds. The van der Waals surface area contributed by atoms with Crippen molar-refractivity contribution in [2.75, 3.05) is 11.1 Å². The Bertz CT molecular complexity index is 657. The van der Waals surface area contributed by atoms with Crippen molar-refractivity contribution in [1.82, 2.24) is 0 Å². The molecule has 0 unspecified atom stereocenters. The fourth-order valence-electron chi connectivity index (χ4n) is 1.97. The van der Waals surface area contributed by atoms with E-state index in [0.29, 0.717) is 11.4 Å². The third kappa shape index (κ3) is 3.60. The molecule has 110 valence electrons. The Labute approximate surface area is 124 Å². The second kappa shape index (κ2) is 5.56. The maximum Gasteiger partial charge on any atom is 0.258 e. The monoisotopic (exact) mass is 286 g/mol. The van der Waals surface area contributed by atoms with Crippen LogP contribution in [0.3, 0.4) is 0 Å². The number of nitrogen functional groups attached to an aromatic ring is 1. The van der Waals surface area contributed by atoms with Crippen LogP contribution in [0.15, 0.2) is 42.5 Å². The van der Waals surface area contributed by atoms with E-state index in [9.17, 15) is 9.18 Å². The highest BCUT2D eigenvalue weighted by atomic mass is 19.1. The fraction of sp³-hybridized carbons (Fsp3) is 0.235. The van der Waals surface area contributed by atoms with Crippen LogP contribution in [0.2, 0.25) is 0 Å². The Kier molecular flexibility index (Phi) is 3.98. The zero-order chi connectivity index (χ0) is 15.6. The molecule has 0 aromatic heterocycles. The summed E-state index contributed by atoms with van der Waals surface area (Å²) in [5.74, 6) is -1.10. The topological polar surface area (TPSA) is 55.1 Å². The Morgan fingerprint density at radius 2 is 1.71 bits per heavy atom. The smallest absolute Gasteiger partial charge is 0.258 e. The van der Waals surface area contributed by atoms with Crippen molar-refractivity contribution in [2.45, 2.75) is 26.2 Å². The van der Waals surface area contributed by atoms with E-state index < -0.39 is 11.7 Å². The summed E-state index contributed by atoms with van der Waals surface area (Å²) in [4.78, 5) is 12.1. The SMILES string of the molecule is CC(C)(C)c1ccc(NC(=O)c2cc(N)ccc2F)cc1. The summed E-state index contributed by atoms with van der Waals surface area (Å²) in [5.41, 5.74) is 7.70. The number of benzene rings is 2. The molecule has 3 N–H and O–H groups in total. The van der Waals surface area contributed by atoms with Crippen molar-refractivity contribution >= 4 is 17.3 Å². The highest BCUT2D eigenvalue weighted by Crippen LogP contribution is 2.24. The van der Waals surface area contributed by atoms with Gasteiger partial charge < -0.3 is 11.1 Å². The molecule has 0 bridgehead atoms. The summed E-state index contributed by atoms with van der Waals surface area (Å²) in [5, 5.41) is 2.67. The summed E-state index contributed by atoms with van der Waals surface area (Å²) in [6.07, 6.45) is 0. The number of anilines is 2. The number of rotatable bonds is 2. The Hall–Kier alpha value is -2.36. The number of hydrogen-bond donors (Lipinski definition) is 2. The van der Waals surface area contributed by atoms with Gasteiger partial charge in [-0.1, -0.05) is 32.9 Å². The Morgan fingerprint density at radius 3 is 2.29 bits per heavy atom. The van der Waals surface area contributed by atoms with Crippen molar-refractivity contribution in [3.05, 3.63) is 59.4 Å². The maximum atomic E-state index is 13.6. The molecule has 0 heterocycles. The standard InChI is InChI=1S/C17H19FN2O/c1-17(2,3)11-4-7-13(8-5-11)20-16(21)14-10-12(19)6-9-15(14)18/h4-10H,19H2,1-3H3,(H,20,21). The fourth-order valence-corrected chi connectivity index (χ4v) is 1.97. The van der Waals surface area contributed by atoms with Gasteiger partial charge in [0.05, 0.1) is 5.56 Å². The van der Waals surface area contributed by atoms with Crippen LogP contribution in [0.1, 0.15) is 36.7 Å². The van der Waals surface area contributed by atoms with Crippen molar-refractivity contribution < 1.29 is 9.18 Å². The molecule has 2 rings (SSSR count). The van der Waals surface area contributed by atoms with E-state index in [1.54, 1.807) is 0 Å². The summed E-state index contributed by atoms with van der Waals surface area (Å²) < 4.78 is 13.6. The molecule has 0 atom stereocenters. The summed E-state index contributed by atoms with van der Waals surface area (Å²) in [6, 6.07) is 11.5. The van der Waals surface area contributed by atoms with E-state index in [2.05, 4.69) is 26.1 Å². The van der Waals surface area contributed by atoms with Crippen LogP contribution < -0.4 is 11.1 Å². The normalized spacial score (nSPS) is 11.2. The number of hydrogen-bond acceptors (Lipinski definition) is 2. The quantitative estimate of drug-likeness (QED) is 0.821. The van der Waals surface area contributed by atoms with E-state index in [1.165, 1.54) is 18.2 Å².